The second-order valence-electron chi connectivity index (χ2n) is 5.54. The van der Waals surface area contributed by atoms with Crippen LogP contribution in [0.5, 0.6) is 0 Å². The summed E-state index contributed by atoms with van der Waals surface area (Å²) in [4.78, 5) is 18.2. The molecule has 0 radical (unpaired) electrons. The van der Waals surface area contributed by atoms with Gasteiger partial charge in [0.05, 0.1) is 36.0 Å². The highest BCUT2D eigenvalue weighted by molar-refractivity contribution is 5.96. The zero-order valence-corrected chi connectivity index (χ0v) is 13.7. The summed E-state index contributed by atoms with van der Waals surface area (Å²) in [6, 6.07) is 9.18. The summed E-state index contributed by atoms with van der Waals surface area (Å²) in [6.07, 6.45) is -2.69. The number of pyridine rings is 1. The Morgan fingerprint density at radius 3 is 2.44 bits per heavy atom. The van der Waals surface area contributed by atoms with E-state index in [0.29, 0.717) is 12.1 Å². The maximum atomic E-state index is 13.2. The van der Waals surface area contributed by atoms with Gasteiger partial charge in [0.25, 0.3) is 5.91 Å². The fourth-order valence-electron chi connectivity index (χ4n) is 2.55. The van der Waals surface area contributed by atoms with Crippen molar-refractivity contribution in [2.75, 3.05) is 6.61 Å². The number of nitrogens with zero attached hydrogens (tertiary/aromatic N) is 2. The van der Waals surface area contributed by atoms with E-state index in [1.807, 2.05) is 0 Å². The number of rotatable bonds is 6. The number of hydrogen-bond acceptors (Lipinski definition) is 3. The molecule has 0 spiro atoms. The van der Waals surface area contributed by atoms with Gasteiger partial charge in [0.2, 0.25) is 0 Å². The highest BCUT2D eigenvalue weighted by Crippen LogP contribution is 2.32. The van der Waals surface area contributed by atoms with Gasteiger partial charge in [-0.25, -0.2) is 0 Å². The summed E-state index contributed by atoms with van der Waals surface area (Å²) < 4.78 is 39.7. The molecule has 1 aromatic carbocycles. The maximum absolute atomic E-state index is 13.2. The largest absolute Gasteiger partial charge is 0.417 e. The lowest BCUT2D eigenvalue weighted by atomic mass is 10.0. The minimum Gasteiger partial charge on any atom is -0.394 e. The number of halogens is 3. The van der Waals surface area contributed by atoms with Crippen LogP contribution in [0.2, 0.25) is 0 Å². The average molecular weight is 352 g/mol. The van der Waals surface area contributed by atoms with Gasteiger partial charge in [0.15, 0.2) is 0 Å². The summed E-state index contributed by atoms with van der Waals surface area (Å²) in [6.45, 7) is 1.43. The van der Waals surface area contributed by atoms with Crippen molar-refractivity contribution >= 4 is 5.91 Å². The molecule has 134 valence electrons. The Hall–Kier alpha value is -2.41. The number of benzene rings is 1. The van der Waals surface area contributed by atoms with Gasteiger partial charge in [-0.05, 0) is 30.7 Å². The molecule has 0 saturated carbocycles. The molecule has 0 unspecified atom stereocenters. The highest BCUT2D eigenvalue weighted by Gasteiger charge is 2.36. The molecule has 4 nitrogen and oxygen atoms in total. The van der Waals surface area contributed by atoms with E-state index in [2.05, 4.69) is 4.98 Å². The molecule has 0 aliphatic rings. The molecular weight excluding hydrogens is 333 g/mol. The van der Waals surface area contributed by atoms with Crippen molar-refractivity contribution in [3.63, 3.8) is 0 Å². The van der Waals surface area contributed by atoms with E-state index in [0.717, 1.165) is 12.1 Å². The van der Waals surface area contributed by atoms with Crippen molar-refractivity contribution in [2.24, 2.45) is 0 Å². The van der Waals surface area contributed by atoms with Gasteiger partial charge in [0, 0.05) is 6.20 Å². The molecule has 1 heterocycles. The lowest BCUT2D eigenvalue weighted by molar-refractivity contribution is -0.138. The summed E-state index contributed by atoms with van der Waals surface area (Å²) >= 11 is 0. The minimum absolute atomic E-state index is 0.0188. The minimum atomic E-state index is -4.64. The number of aliphatic hydroxyl groups excluding tert-OH is 1. The van der Waals surface area contributed by atoms with Crippen LogP contribution in [0.1, 0.15) is 35.0 Å². The molecule has 0 fully saturated rings. The van der Waals surface area contributed by atoms with Crippen LogP contribution in [0.3, 0.4) is 0 Å². The Morgan fingerprint density at radius 1 is 1.20 bits per heavy atom. The molecule has 0 saturated heterocycles. The molecule has 0 aliphatic carbocycles. The first-order chi connectivity index (χ1) is 11.9. The molecule has 2 aromatic rings. The number of carbonyl (C=O) groups is 1. The number of hydrogen-bond donors (Lipinski definition) is 1. The summed E-state index contributed by atoms with van der Waals surface area (Å²) in [5, 5.41) is 9.56. The van der Waals surface area contributed by atoms with Crippen LogP contribution < -0.4 is 0 Å². The Labute approximate surface area is 143 Å². The van der Waals surface area contributed by atoms with E-state index in [1.165, 1.54) is 17.0 Å². The van der Waals surface area contributed by atoms with Crippen molar-refractivity contribution in [2.45, 2.75) is 32.1 Å². The maximum Gasteiger partial charge on any atom is 0.417 e. The average Bonchev–Trinajstić information content (AvgIpc) is 2.61. The van der Waals surface area contributed by atoms with Gasteiger partial charge in [-0.1, -0.05) is 25.1 Å². The van der Waals surface area contributed by atoms with Gasteiger partial charge < -0.3 is 10.0 Å². The predicted octanol–water partition coefficient (Wildman–Crippen LogP) is 3.51. The van der Waals surface area contributed by atoms with E-state index in [9.17, 15) is 23.1 Å². The second kappa shape index (κ2) is 8.11. The van der Waals surface area contributed by atoms with Crippen LogP contribution in [0.25, 0.3) is 0 Å². The van der Waals surface area contributed by atoms with E-state index in [-0.39, 0.29) is 13.2 Å². The molecule has 1 atom stereocenters. The number of alkyl halides is 3. The second-order valence-corrected chi connectivity index (χ2v) is 5.54. The van der Waals surface area contributed by atoms with Crippen LogP contribution in [0.15, 0.2) is 48.7 Å². The Morgan fingerprint density at radius 2 is 1.88 bits per heavy atom. The number of aromatic nitrogens is 1. The summed E-state index contributed by atoms with van der Waals surface area (Å²) in [5.74, 6) is -0.778. The molecule has 1 amide bonds. The molecule has 0 bridgehead atoms. The predicted molar refractivity (Wildman–Crippen MR) is 86.7 cm³/mol. The van der Waals surface area contributed by atoms with E-state index in [4.69, 9.17) is 0 Å². The van der Waals surface area contributed by atoms with Gasteiger partial charge in [0.1, 0.15) is 0 Å². The standard InChI is InChI=1S/C18H19F3N2O2/c1-2-14(12-24)23(11-13-7-5-6-10-22-13)17(25)15-8-3-4-9-16(15)18(19,20)21/h3-10,14,24H,2,11-12H2,1H3/t14-/m0/s1. The first kappa shape index (κ1) is 18.9. The first-order valence-corrected chi connectivity index (χ1v) is 7.86. The van der Waals surface area contributed by atoms with Crippen molar-refractivity contribution in [1.82, 2.24) is 9.88 Å². The number of aliphatic hydroxyl groups is 1. The topological polar surface area (TPSA) is 53.4 Å². The Kier molecular flexibility index (Phi) is 6.14. The molecular formula is C18H19F3N2O2. The number of amides is 1. The lowest BCUT2D eigenvalue weighted by Gasteiger charge is -2.30. The van der Waals surface area contributed by atoms with Crippen molar-refractivity contribution < 1.29 is 23.1 Å². The normalized spacial score (nSPS) is 12.7. The van der Waals surface area contributed by atoms with Crippen molar-refractivity contribution in [3.8, 4) is 0 Å². The molecule has 1 N–H and O–H groups in total. The third-order valence-corrected chi connectivity index (χ3v) is 3.90. The SMILES string of the molecule is CC[C@@H](CO)N(Cc1ccccn1)C(=O)c1ccccc1C(F)(F)F. The first-order valence-electron chi connectivity index (χ1n) is 7.86. The van der Waals surface area contributed by atoms with Crippen LogP contribution >= 0.6 is 0 Å². The third-order valence-electron chi connectivity index (χ3n) is 3.90. The molecule has 1 aromatic heterocycles. The molecule has 0 aliphatic heterocycles. The number of carbonyl (C=O) groups excluding carboxylic acids is 1. The van der Waals surface area contributed by atoms with E-state index in [1.54, 1.807) is 31.3 Å². The Balaban J connectivity index is 2.42. The Bertz CT molecular complexity index is 701. The van der Waals surface area contributed by atoms with Gasteiger partial charge in [-0.2, -0.15) is 13.2 Å². The molecule has 25 heavy (non-hydrogen) atoms. The van der Waals surface area contributed by atoms with E-state index >= 15 is 0 Å². The van der Waals surface area contributed by atoms with Gasteiger partial charge >= 0.3 is 6.18 Å². The van der Waals surface area contributed by atoms with Gasteiger partial charge in [-0.15, -0.1) is 0 Å². The van der Waals surface area contributed by atoms with Crippen LogP contribution in [0.4, 0.5) is 13.2 Å². The fourth-order valence-corrected chi connectivity index (χ4v) is 2.55. The molecule has 7 heteroatoms. The van der Waals surface area contributed by atoms with Crippen LogP contribution in [0, 0.1) is 0 Å². The smallest absolute Gasteiger partial charge is 0.394 e. The quantitative estimate of drug-likeness (QED) is 0.866. The van der Waals surface area contributed by atoms with Crippen LogP contribution in [-0.2, 0) is 12.7 Å². The van der Waals surface area contributed by atoms with E-state index < -0.39 is 29.3 Å². The summed E-state index contributed by atoms with van der Waals surface area (Å²) in [7, 11) is 0. The van der Waals surface area contributed by atoms with Crippen molar-refractivity contribution in [1.29, 1.82) is 0 Å². The van der Waals surface area contributed by atoms with Gasteiger partial charge in [-0.3, -0.25) is 9.78 Å². The monoisotopic (exact) mass is 352 g/mol. The third kappa shape index (κ3) is 4.57. The van der Waals surface area contributed by atoms with Crippen LogP contribution in [-0.4, -0.2) is 33.5 Å². The zero-order chi connectivity index (χ0) is 18.4. The zero-order valence-electron chi connectivity index (χ0n) is 13.7. The fraction of sp³-hybridized carbons (Fsp3) is 0.333. The van der Waals surface area contributed by atoms with Crippen molar-refractivity contribution in [3.05, 3.63) is 65.5 Å². The highest BCUT2D eigenvalue weighted by atomic mass is 19.4. The molecule has 2 rings (SSSR count). The summed E-state index contributed by atoms with van der Waals surface area (Å²) in [5.41, 5.74) is -0.885. The lowest BCUT2D eigenvalue weighted by Crippen LogP contribution is -2.42.